The number of carbonyl (C=O) groups is 1. The minimum Gasteiger partial charge on any atom is -0.478 e. The van der Waals surface area contributed by atoms with Crippen LogP contribution in [0.15, 0.2) is 51.8 Å². The Hall–Kier alpha value is -2.51. The number of carboxylic acids is 1. The average molecular weight is 366 g/mol. The number of aromatic carboxylic acids is 1. The van der Waals surface area contributed by atoms with Crippen LogP contribution in [0, 0.1) is 6.92 Å². The van der Waals surface area contributed by atoms with Gasteiger partial charge in [-0.15, -0.1) is 0 Å². The van der Waals surface area contributed by atoms with E-state index in [1.54, 1.807) is 6.92 Å². The molecule has 0 aliphatic carbocycles. The Labute approximate surface area is 142 Å². The van der Waals surface area contributed by atoms with Gasteiger partial charge >= 0.3 is 5.97 Å². The Morgan fingerprint density at radius 2 is 1.83 bits per heavy atom. The SMILES string of the molecule is Cc1oc2ccc(NS(=O)(=O)c3ccc(Cl)cc3)cc2c1C(=O)O. The number of benzene rings is 2. The van der Waals surface area contributed by atoms with Gasteiger partial charge in [0.25, 0.3) is 10.0 Å². The third-order valence-corrected chi connectivity index (χ3v) is 5.10. The van der Waals surface area contributed by atoms with Gasteiger partial charge in [-0.3, -0.25) is 4.72 Å². The Bertz CT molecular complexity index is 1040. The summed E-state index contributed by atoms with van der Waals surface area (Å²) in [4.78, 5) is 11.4. The molecule has 2 aromatic carbocycles. The number of aryl methyl sites for hydroxylation is 1. The van der Waals surface area contributed by atoms with Crippen LogP contribution in [0.2, 0.25) is 5.02 Å². The van der Waals surface area contributed by atoms with E-state index >= 15 is 0 Å². The molecule has 0 atom stereocenters. The molecule has 0 saturated heterocycles. The van der Waals surface area contributed by atoms with Gasteiger partial charge < -0.3 is 9.52 Å². The van der Waals surface area contributed by atoms with E-state index in [1.165, 1.54) is 42.5 Å². The quantitative estimate of drug-likeness (QED) is 0.731. The molecule has 0 amide bonds. The van der Waals surface area contributed by atoms with Crippen molar-refractivity contribution in [3.63, 3.8) is 0 Å². The molecule has 0 saturated carbocycles. The molecule has 1 heterocycles. The lowest BCUT2D eigenvalue weighted by atomic mass is 10.1. The van der Waals surface area contributed by atoms with Crippen molar-refractivity contribution >= 4 is 44.3 Å². The topological polar surface area (TPSA) is 96.6 Å². The second kappa shape index (κ2) is 5.85. The largest absolute Gasteiger partial charge is 0.478 e. The van der Waals surface area contributed by atoms with E-state index in [0.29, 0.717) is 16.0 Å². The van der Waals surface area contributed by atoms with Crippen LogP contribution in [-0.2, 0) is 10.0 Å². The highest BCUT2D eigenvalue weighted by atomic mass is 35.5. The van der Waals surface area contributed by atoms with Gasteiger partial charge in [0.05, 0.1) is 4.90 Å². The van der Waals surface area contributed by atoms with Crippen LogP contribution in [-0.4, -0.2) is 19.5 Å². The highest BCUT2D eigenvalue weighted by molar-refractivity contribution is 7.92. The van der Waals surface area contributed by atoms with Crippen LogP contribution >= 0.6 is 11.6 Å². The van der Waals surface area contributed by atoms with Gasteiger partial charge in [0.2, 0.25) is 0 Å². The van der Waals surface area contributed by atoms with Crippen molar-refractivity contribution in [1.82, 2.24) is 0 Å². The van der Waals surface area contributed by atoms with Crippen LogP contribution in [0.5, 0.6) is 0 Å². The summed E-state index contributed by atoms with van der Waals surface area (Å²) in [6.45, 7) is 1.54. The van der Waals surface area contributed by atoms with Gasteiger partial charge in [-0.1, -0.05) is 11.6 Å². The summed E-state index contributed by atoms with van der Waals surface area (Å²) in [7, 11) is -3.81. The number of rotatable bonds is 4. The molecule has 0 aliphatic heterocycles. The number of furan rings is 1. The Balaban J connectivity index is 2.02. The molecule has 8 heteroatoms. The van der Waals surface area contributed by atoms with Crippen LogP contribution < -0.4 is 4.72 Å². The van der Waals surface area contributed by atoms with Crippen LogP contribution in [0.4, 0.5) is 5.69 Å². The molecule has 0 bridgehead atoms. The summed E-state index contributed by atoms with van der Waals surface area (Å²) < 4.78 is 32.5. The number of nitrogens with one attached hydrogen (secondary N) is 1. The molecular weight excluding hydrogens is 354 g/mol. The van der Waals surface area contributed by atoms with Crippen molar-refractivity contribution in [3.8, 4) is 0 Å². The van der Waals surface area contributed by atoms with Crippen molar-refractivity contribution in [2.24, 2.45) is 0 Å². The molecule has 3 aromatic rings. The van der Waals surface area contributed by atoms with Crippen LogP contribution in [0.1, 0.15) is 16.1 Å². The predicted molar refractivity (Wildman–Crippen MR) is 90.2 cm³/mol. The zero-order chi connectivity index (χ0) is 17.5. The molecule has 2 N–H and O–H groups in total. The number of hydrogen-bond acceptors (Lipinski definition) is 4. The second-order valence-corrected chi connectivity index (χ2v) is 7.23. The normalized spacial score (nSPS) is 11.6. The van der Waals surface area contributed by atoms with Crippen molar-refractivity contribution < 1.29 is 22.7 Å². The minimum atomic E-state index is -3.81. The fraction of sp³-hybridized carbons (Fsp3) is 0.0625. The van der Waals surface area contributed by atoms with E-state index in [0.717, 1.165) is 0 Å². The summed E-state index contributed by atoms with van der Waals surface area (Å²) >= 11 is 5.76. The molecule has 0 unspecified atom stereocenters. The van der Waals surface area contributed by atoms with E-state index in [4.69, 9.17) is 16.0 Å². The number of fused-ring (bicyclic) bond motifs is 1. The first-order chi connectivity index (χ1) is 11.3. The van der Waals surface area contributed by atoms with Gasteiger partial charge in [0, 0.05) is 16.1 Å². The fourth-order valence-corrected chi connectivity index (χ4v) is 3.55. The molecular formula is C16H12ClNO5S. The standard InChI is InChI=1S/C16H12ClNO5S/c1-9-15(16(19)20)13-8-11(4-7-14(13)23-9)18-24(21,22)12-5-2-10(17)3-6-12/h2-8,18H,1H3,(H,19,20). The first-order valence-electron chi connectivity index (χ1n) is 6.83. The molecule has 124 valence electrons. The lowest BCUT2D eigenvalue weighted by Crippen LogP contribution is -2.12. The van der Waals surface area contributed by atoms with Gasteiger partial charge in [-0.2, -0.15) is 0 Å². The van der Waals surface area contributed by atoms with Crippen LogP contribution in [0.3, 0.4) is 0 Å². The zero-order valence-electron chi connectivity index (χ0n) is 12.4. The molecule has 1 aromatic heterocycles. The predicted octanol–water partition coefficient (Wildman–Crippen LogP) is 3.89. The van der Waals surface area contributed by atoms with Gasteiger partial charge in [-0.05, 0) is 49.4 Å². The Kier molecular flexibility index (Phi) is 3.98. The molecule has 0 spiro atoms. The number of sulfonamides is 1. The Morgan fingerprint density at radius 3 is 2.46 bits per heavy atom. The molecule has 6 nitrogen and oxygen atoms in total. The minimum absolute atomic E-state index is 0.0116. The van der Waals surface area contributed by atoms with Crippen molar-refractivity contribution in [2.45, 2.75) is 11.8 Å². The van der Waals surface area contributed by atoms with Crippen LogP contribution in [0.25, 0.3) is 11.0 Å². The first kappa shape index (κ1) is 16.4. The maximum Gasteiger partial charge on any atom is 0.339 e. The average Bonchev–Trinajstić information content (AvgIpc) is 2.82. The maximum atomic E-state index is 12.4. The van der Waals surface area contributed by atoms with Gasteiger partial charge in [-0.25, -0.2) is 13.2 Å². The summed E-state index contributed by atoms with van der Waals surface area (Å²) in [5.41, 5.74) is 0.623. The molecule has 24 heavy (non-hydrogen) atoms. The number of anilines is 1. The summed E-state index contributed by atoms with van der Waals surface area (Å²) in [6.07, 6.45) is 0. The number of hydrogen-bond donors (Lipinski definition) is 2. The maximum absolute atomic E-state index is 12.4. The first-order valence-corrected chi connectivity index (χ1v) is 8.69. The third-order valence-electron chi connectivity index (χ3n) is 3.45. The lowest BCUT2D eigenvalue weighted by Gasteiger charge is -2.08. The molecule has 3 rings (SSSR count). The van der Waals surface area contributed by atoms with Gasteiger partial charge in [0.15, 0.2) is 0 Å². The Morgan fingerprint density at radius 1 is 1.17 bits per heavy atom. The number of carboxylic acid groups (broad SMARTS) is 1. The molecule has 0 aliphatic rings. The van der Waals surface area contributed by atoms with E-state index in [2.05, 4.69) is 4.72 Å². The fourth-order valence-electron chi connectivity index (χ4n) is 2.38. The highest BCUT2D eigenvalue weighted by Crippen LogP contribution is 2.29. The zero-order valence-corrected chi connectivity index (χ0v) is 14.0. The smallest absolute Gasteiger partial charge is 0.339 e. The monoisotopic (exact) mass is 365 g/mol. The van der Waals surface area contributed by atoms with Crippen molar-refractivity contribution in [1.29, 1.82) is 0 Å². The third kappa shape index (κ3) is 2.95. The summed E-state index contributed by atoms with van der Waals surface area (Å²) in [5, 5.41) is 10.0. The second-order valence-electron chi connectivity index (χ2n) is 5.11. The van der Waals surface area contributed by atoms with E-state index in [9.17, 15) is 18.3 Å². The summed E-state index contributed by atoms with van der Waals surface area (Å²) in [6, 6.07) is 10.2. The van der Waals surface area contributed by atoms with Crippen molar-refractivity contribution in [2.75, 3.05) is 4.72 Å². The number of halogens is 1. The highest BCUT2D eigenvalue weighted by Gasteiger charge is 2.19. The van der Waals surface area contributed by atoms with E-state index in [-0.39, 0.29) is 21.9 Å². The van der Waals surface area contributed by atoms with E-state index < -0.39 is 16.0 Å². The van der Waals surface area contributed by atoms with E-state index in [1.807, 2.05) is 0 Å². The van der Waals surface area contributed by atoms with Gasteiger partial charge in [0.1, 0.15) is 16.9 Å². The summed E-state index contributed by atoms with van der Waals surface area (Å²) in [5.74, 6) is -0.876. The molecule has 0 fully saturated rings. The lowest BCUT2D eigenvalue weighted by molar-refractivity contribution is 0.0697. The molecule has 0 radical (unpaired) electrons. The van der Waals surface area contributed by atoms with Crippen molar-refractivity contribution in [3.05, 3.63) is 58.8 Å².